The second kappa shape index (κ2) is 10.7. The highest BCUT2D eigenvalue weighted by Gasteiger charge is 2.21. The number of rotatable bonds is 8. The van der Waals surface area contributed by atoms with Crippen molar-refractivity contribution in [2.24, 2.45) is 0 Å². The maximum Gasteiger partial charge on any atom is 0.315 e. The first-order valence-corrected chi connectivity index (χ1v) is 10.3. The van der Waals surface area contributed by atoms with Gasteiger partial charge in [0.2, 0.25) is 0 Å². The van der Waals surface area contributed by atoms with Crippen molar-refractivity contribution in [3.63, 3.8) is 0 Å². The molecule has 2 aromatic rings. The fourth-order valence-corrected chi connectivity index (χ4v) is 3.73. The van der Waals surface area contributed by atoms with Gasteiger partial charge in [-0.25, -0.2) is 4.79 Å². The van der Waals surface area contributed by atoms with Gasteiger partial charge in [0.05, 0.1) is 40.5 Å². The van der Waals surface area contributed by atoms with Crippen LogP contribution in [0.2, 0.25) is 0 Å². The van der Waals surface area contributed by atoms with E-state index in [-0.39, 0.29) is 18.6 Å². The lowest BCUT2D eigenvalue weighted by Crippen LogP contribution is -2.47. The van der Waals surface area contributed by atoms with E-state index in [0.717, 1.165) is 37.2 Å². The number of carbonyl (C=O) groups is 1. The van der Waals surface area contributed by atoms with Gasteiger partial charge >= 0.3 is 6.03 Å². The van der Waals surface area contributed by atoms with Crippen LogP contribution < -0.4 is 34.5 Å². The smallest absolute Gasteiger partial charge is 0.315 e. The molecule has 168 valence electrons. The zero-order valence-corrected chi connectivity index (χ0v) is 18.6. The summed E-state index contributed by atoms with van der Waals surface area (Å²) in [7, 11) is 6.40. The number of carbonyl (C=O) groups excluding carboxylic acids is 1. The number of urea groups is 1. The van der Waals surface area contributed by atoms with Crippen LogP contribution in [-0.2, 0) is 6.54 Å². The molecule has 1 heterocycles. The van der Waals surface area contributed by atoms with Gasteiger partial charge in [-0.3, -0.25) is 0 Å². The Morgan fingerprint density at radius 1 is 0.903 bits per heavy atom. The summed E-state index contributed by atoms with van der Waals surface area (Å²) < 4.78 is 21.4. The Morgan fingerprint density at radius 3 is 2.00 bits per heavy atom. The summed E-state index contributed by atoms with van der Waals surface area (Å²) in [6.07, 6.45) is 1.77. The summed E-state index contributed by atoms with van der Waals surface area (Å²) in [5, 5.41) is 5.98. The Morgan fingerprint density at radius 2 is 1.48 bits per heavy atom. The number of methoxy groups -OCH3 is 4. The molecular weight excluding hydrogens is 398 g/mol. The van der Waals surface area contributed by atoms with E-state index in [0.29, 0.717) is 17.2 Å². The third-order valence-electron chi connectivity index (χ3n) is 5.51. The topological polar surface area (TPSA) is 81.3 Å². The van der Waals surface area contributed by atoms with Crippen molar-refractivity contribution in [2.75, 3.05) is 46.4 Å². The van der Waals surface area contributed by atoms with Crippen LogP contribution in [0.5, 0.6) is 23.0 Å². The number of nitrogens with zero attached hydrogens (tertiary/aromatic N) is 1. The molecule has 0 aliphatic carbocycles. The molecule has 0 atom stereocenters. The summed E-state index contributed by atoms with van der Waals surface area (Å²) in [5.41, 5.74) is 1.93. The van der Waals surface area contributed by atoms with Crippen LogP contribution in [0.3, 0.4) is 0 Å². The molecule has 1 saturated heterocycles. The quantitative estimate of drug-likeness (QED) is 0.671. The summed E-state index contributed by atoms with van der Waals surface area (Å²) in [6.45, 7) is 2.06. The minimum absolute atomic E-state index is 0.133. The van der Waals surface area contributed by atoms with Crippen molar-refractivity contribution in [3.8, 4) is 23.0 Å². The molecule has 31 heavy (non-hydrogen) atoms. The zero-order chi connectivity index (χ0) is 22.2. The molecule has 1 aliphatic rings. The van der Waals surface area contributed by atoms with Gasteiger partial charge in [-0.15, -0.1) is 0 Å². The van der Waals surface area contributed by atoms with E-state index in [1.165, 1.54) is 5.69 Å². The highest BCUT2D eigenvalue weighted by molar-refractivity contribution is 5.74. The van der Waals surface area contributed by atoms with Gasteiger partial charge < -0.3 is 34.5 Å². The first kappa shape index (κ1) is 22.4. The second-order valence-corrected chi connectivity index (χ2v) is 7.30. The first-order valence-electron chi connectivity index (χ1n) is 10.3. The fourth-order valence-electron chi connectivity index (χ4n) is 3.73. The van der Waals surface area contributed by atoms with E-state index in [1.807, 2.05) is 12.1 Å². The highest BCUT2D eigenvalue weighted by Crippen LogP contribution is 2.33. The third-order valence-corrected chi connectivity index (χ3v) is 5.51. The average molecular weight is 430 g/mol. The van der Waals surface area contributed by atoms with Crippen molar-refractivity contribution in [1.29, 1.82) is 0 Å². The van der Waals surface area contributed by atoms with Crippen molar-refractivity contribution in [2.45, 2.75) is 25.4 Å². The predicted octanol–water partition coefficient (Wildman–Crippen LogP) is 3.19. The number of hydrogen-bond donors (Lipinski definition) is 2. The molecule has 3 rings (SSSR count). The number of hydrogen-bond acceptors (Lipinski definition) is 6. The number of nitrogens with one attached hydrogen (secondary N) is 2. The van der Waals surface area contributed by atoms with E-state index in [2.05, 4.69) is 27.7 Å². The fraction of sp³-hybridized carbons (Fsp3) is 0.435. The molecule has 0 unspecified atom stereocenters. The van der Waals surface area contributed by atoms with Crippen molar-refractivity contribution in [3.05, 3.63) is 42.0 Å². The van der Waals surface area contributed by atoms with Gasteiger partial charge in [-0.1, -0.05) is 0 Å². The molecule has 0 spiro atoms. The Hall–Kier alpha value is -3.29. The molecule has 0 aromatic heterocycles. The molecule has 2 amide bonds. The number of benzene rings is 2. The summed E-state index contributed by atoms with van der Waals surface area (Å²) in [4.78, 5) is 14.8. The molecule has 2 aromatic carbocycles. The van der Waals surface area contributed by atoms with Crippen LogP contribution in [0, 0.1) is 0 Å². The monoisotopic (exact) mass is 429 g/mol. The van der Waals surface area contributed by atoms with Gasteiger partial charge in [0, 0.05) is 37.0 Å². The molecule has 0 bridgehead atoms. The minimum atomic E-state index is -0.206. The SMILES string of the molecule is COc1ccc(N2CCC(NC(=O)NCc3c(OC)cc(OC)cc3OC)CC2)cc1. The van der Waals surface area contributed by atoms with Crippen LogP contribution in [0.15, 0.2) is 36.4 Å². The number of piperidine rings is 1. The lowest BCUT2D eigenvalue weighted by atomic mass is 10.0. The number of ether oxygens (including phenoxy) is 4. The standard InChI is InChI=1S/C23H31N3O5/c1-28-18-7-5-17(6-8-18)26-11-9-16(10-12-26)25-23(27)24-15-20-21(30-3)13-19(29-2)14-22(20)31-4/h5-8,13-14,16H,9-12,15H2,1-4H3,(H2,24,25,27). The van der Waals surface area contributed by atoms with Crippen molar-refractivity contribution in [1.82, 2.24) is 10.6 Å². The third kappa shape index (κ3) is 5.65. The van der Waals surface area contributed by atoms with Gasteiger partial charge in [0.15, 0.2) is 0 Å². The average Bonchev–Trinajstić information content (AvgIpc) is 2.82. The largest absolute Gasteiger partial charge is 0.497 e. The normalized spacial score (nSPS) is 14.0. The van der Waals surface area contributed by atoms with Crippen molar-refractivity contribution >= 4 is 11.7 Å². The molecule has 8 heteroatoms. The lowest BCUT2D eigenvalue weighted by molar-refractivity contribution is 0.233. The highest BCUT2D eigenvalue weighted by atomic mass is 16.5. The Kier molecular flexibility index (Phi) is 7.70. The van der Waals surface area contributed by atoms with Crippen LogP contribution >= 0.6 is 0 Å². The maximum atomic E-state index is 12.5. The molecule has 1 aliphatic heterocycles. The number of amides is 2. The minimum Gasteiger partial charge on any atom is -0.497 e. The Bertz CT molecular complexity index is 839. The molecule has 0 radical (unpaired) electrons. The zero-order valence-electron chi connectivity index (χ0n) is 18.6. The first-order chi connectivity index (χ1) is 15.1. The lowest BCUT2D eigenvalue weighted by Gasteiger charge is -2.34. The molecule has 0 saturated carbocycles. The van der Waals surface area contributed by atoms with Gasteiger partial charge in [0.25, 0.3) is 0 Å². The van der Waals surface area contributed by atoms with E-state index >= 15 is 0 Å². The van der Waals surface area contributed by atoms with Crippen LogP contribution in [0.4, 0.5) is 10.5 Å². The van der Waals surface area contributed by atoms with Crippen molar-refractivity contribution < 1.29 is 23.7 Å². The van der Waals surface area contributed by atoms with E-state index in [9.17, 15) is 4.79 Å². The van der Waals surface area contributed by atoms with Gasteiger partial charge in [-0.05, 0) is 37.1 Å². The van der Waals surface area contributed by atoms with E-state index in [4.69, 9.17) is 18.9 Å². The van der Waals surface area contributed by atoms with Gasteiger partial charge in [-0.2, -0.15) is 0 Å². The maximum absolute atomic E-state index is 12.5. The molecule has 1 fully saturated rings. The van der Waals surface area contributed by atoms with Crippen LogP contribution in [0.1, 0.15) is 18.4 Å². The molecule has 2 N–H and O–H groups in total. The Labute approximate surface area is 183 Å². The van der Waals surface area contributed by atoms with Gasteiger partial charge in [0.1, 0.15) is 23.0 Å². The predicted molar refractivity (Wildman–Crippen MR) is 120 cm³/mol. The Balaban J connectivity index is 1.51. The molecular formula is C23H31N3O5. The summed E-state index contributed by atoms with van der Waals surface area (Å²) >= 11 is 0. The van der Waals surface area contributed by atoms with Crippen LogP contribution in [0.25, 0.3) is 0 Å². The number of anilines is 1. The van der Waals surface area contributed by atoms with E-state index in [1.54, 1.807) is 40.6 Å². The summed E-state index contributed by atoms with van der Waals surface area (Å²) in [6, 6.07) is 11.5. The summed E-state index contributed by atoms with van der Waals surface area (Å²) in [5.74, 6) is 2.68. The van der Waals surface area contributed by atoms with Crippen LogP contribution in [-0.4, -0.2) is 53.6 Å². The molecule has 8 nitrogen and oxygen atoms in total. The second-order valence-electron chi connectivity index (χ2n) is 7.30. The van der Waals surface area contributed by atoms with E-state index < -0.39 is 0 Å².